The molecule has 3 atom stereocenters. The molecule has 3 aliphatic carbocycles. The molecular weight excluding hydrogens is 260 g/mol. The predicted octanol–water partition coefficient (Wildman–Crippen LogP) is 2.58. The Kier molecular flexibility index (Phi) is 3.02. The first-order valence-electron chi connectivity index (χ1n) is 6.62. The van der Waals surface area contributed by atoms with Crippen LogP contribution in [0.4, 0.5) is 0 Å². The fourth-order valence-corrected chi connectivity index (χ4v) is 5.48. The molecule has 0 amide bonds. The second-order valence-electron chi connectivity index (χ2n) is 5.40. The van der Waals surface area contributed by atoms with Crippen molar-refractivity contribution in [2.45, 2.75) is 35.0 Å². The quantitative estimate of drug-likeness (QED) is 0.798. The topological polar surface area (TPSA) is 43.4 Å². The van der Waals surface area contributed by atoms with Crippen LogP contribution in [0.2, 0.25) is 0 Å². The van der Waals surface area contributed by atoms with Crippen molar-refractivity contribution in [3.05, 3.63) is 42.5 Å². The fourth-order valence-electron chi connectivity index (χ4n) is 3.29. The third-order valence-corrected chi connectivity index (χ3v) is 6.71. The first kappa shape index (κ1) is 12.9. The van der Waals surface area contributed by atoms with E-state index in [0.29, 0.717) is 17.2 Å². The number of allylic oxidation sites excluding steroid dienone is 1. The molecule has 0 heterocycles. The Labute approximate surface area is 114 Å². The fraction of sp³-hybridized carbons (Fsp3) is 0.467. The van der Waals surface area contributed by atoms with E-state index < -0.39 is 20.7 Å². The summed E-state index contributed by atoms with van der Waals surface area (Å²) in [6.45, 7) is 0. The van der Waals surface area contributed by atoms with Crippen molar-refractivity contribution < 1.29 is 13.2 Å². The molecule has 0 N–H and O–H groups in total. The molecule has 4 heteroatoms. The zero-order valence-corrected chi connectivity index (χ0v) is 11.8. The number of fused-ring (bicyclic) bond motifs is 2. The molecule has 4 rings (SSSR count). The predicted molar refractivity (Wildman–Crippen MR) is 73.6 cm³/mol. The van der Waals surface area contributed by atoms with Crippen molar-refractivity contribution >= 4 is 9.84 Å². The van der Waals surface area contributed by atoms with Crippen LogP contribution < -0.4 is 0 Å². The van der Waals surface area contributed by atoms with E-state index >= 15 is 0 Å². The minimum Gasteiger partial charge on any atom is -0.373 e. The van der Waals surface area contributed by atoms with Crippen LogP contribution in [0.5, 0.6) is 0 Å². The molecule has 0 aromatic heterocycles. The van der Waals surface area contributed by atoms with E-state index in [4.69, 9.17) is 4.74 Å². The largest absolute Gasteiger partial charge is 0.373 e. The molecular formula is C15H18O3S. The Balaban J connectivity index is 2.05. The SMILES string of the molecule is CO[C@]12C=C[C@H](CC1)CC2S(=O)(=O)c1ccccc1. The average molecular weight is 278 g/mol. The van der Waals surface area contributed by atoms with Crippen LogP contribution in [0.25, 0.3) is 0 Å². The van der Waals surface area contributed by atoms with E-state index in [0.717, 1.165) is 12.8 Å². The molecule has 102 valence electrons. The van der Waals surface area contributed by atoms with E-state index in [-0.39, 0.29) is 0 Å². The van der Waals surface area contributed by atoms with Crippen molar-refractivity contribution in [2.75, 3.05) is 7.11 Å². The van der Waals surface area contributed by atoms with Gasteiger partial charge in [-0.1, -0.05) is 30.4 Å². The minimum atomic E-state index is -3.34. The zero-order chi connectivity index (χ0) is 13.5. The molecule has 3 nitrogen and oxygen atoms in total. The van der Waals surface area contributed by atoms with Gasteiger partial charge in [0.25, 0.3) is 0 Å². The van der Waals surface area contributed by atoms with E-state index in [1.54, 1.807) is 31.4 Å². The van der Waals surface area contributed by atoms with Gasteiger partial charge in [0.05, 0.1) is 10.1 Å². The highest BCUT2D eigenvalue weighted by Gasteiger charge is 2.51. The molecule has 1 saturated carbocycles. The summed E-state index contributed by atoms with van der Waals surface area (Å²) in [6.07, 6.45) is 6.56. The summed E-state index contributed by atoms with van der Waals surface area (Å²) in [5.74, 6) is 0.375. The molecule has 1 aromatic carbocycles. The number of methoxy groups -OCH3 is 1. The van der Waals surface area contributed by atoms with Gasteiger partial charge in [0.15, 0.2) is 9.84 Å². The van der Waals surface area contributed by atoms with E-state index in [1.807, 2.05) is 12.1 Å². The van der Waals surface area contributed by atoms with Gasteiger partial charge < -0.3 is 4.74 Å². The van der Waals surface area contributed by atoms with Crippen molar-refractivity contribution in [2.24, 2.45) is 5.92 Å². The zero-order valence-electron chi connectivity index (χ0n) is 11.0. The summed E-state index contributed by atoms with van der Waals surface area (Å²) in [5.41, 5.74) is -0.635. The van der Waals surface area contributed by atoms with Gasteiger partial charge in [0, 0.05) is 7.11 Å². The van der Waals surface area contributed by atoms with Crippen LogP contribution in [-0.2, 0) is 14.6 Å². The number of sulfone groups is 1. The summed E-state index contributed by atoms with van der Waals surface area (Å²) in [7, 11) is -1.73. The van der Waals surface area contributed by atoms with Gasteiger partial charge in [-0.2, -0.15) is 0 Å². The molecule has 1 fully saturated rings. The maximum absolute atomic E-state index is 12.8. The lowest BCUT2D eigenvalue weighted by atomic mass is 9.72. The van der Waals surface area contributed by atoms with Gasteiger partial charge in [0.1, 0.15) is 5.60 Å². The van der Waals surface area contributed by atoms with E-state index in [1.165, 1.54) is 0 Å². The number of rotatable bonds is 3. The normalized spacial score (nSPS) is 33.5. The van der Waals surface area contributed by atoms with Crippen LogP contribution in [0.15, 0.2) is 47.4 Å². The Morgan fingerprint density at radius 3 is 2.58 bits per heavy atom. The van der Waals surface area contributed by atoms with Crippen molar-refractivity contribution in [3.8, 4) is 0 Å². The summed E-state index contributed by atoms with van der Waals surface area (Å²) in [4.78, 5) is 0.400. The molecule has 1 unspecified atom stereocenters. The molecule has 0 spiro atoms. The smallest absolute Gasteiger partial charge is 0.184 e. The molecule has 0 saturated heterocycles. The van der Waals surface area contributed by atoms with Gasteiger partial charge in [-0.15, -0.1) is 0 Å². The third kappa shape index (κ3) is 1.94. The number of hydrogen-bond acceptors (Lipinski definition) is 3. The Hall–Kier alpha value is -1.13. The van der Waals surface area contributed by atoms with E-state index in [9.17, 15) is 8.42 Å². The summed E-state index contributed by atoms with van der Waals surface area (Å²) >= 11 is 0. The number of hydrogen-bond donors (Lipinski definition) is 0. The maximum Gasteiger partial charge on any atom is 0.184 e. The minimum absolute atomic E-state index is 0.375. The lowest BCUT2D eigenvalue weighted by molar-refractivity contribution is -0.0107. The number of ether oxygens (including phenoxy) is 1. The Bertz CT molecular complexity index is 591. The second kappa shape index (κ2) is 4.46. The van der Waals surface area contributed by atoms with Crippen LogP contribution in [-0.4, -0.2) is 26.4 Å². The third-order valence-electron chi connectivity index (χ3n) is 4.44. The first-order chi connectivity index (χ1) is 9.08. The van der Waals surface area contributed by atoms with Gasteiger partial charge >= 0.3 is 0 Å². The summed E-state index contributed by atoms with van der Waals surface area (Å²) < 4.78 is 31.3. The molecule has 2 bridgehead atoms. The standard InChI is InChI=1S/C15H18O3S/c1-18-15-9-7-12(8-10-15)11-14(15)19(16,17)13-5-3-2-4-6-13/h2-7,9,12,14H,8,10-11H2,1H3/t12-,14?,15-/m1/s1. The maximum atomic E-state index is 12.8. The van der Waals surface area contributed by atoms with Crippen LogP contribution in [0, 0.1) is 5.92 Å². The van der Waals surface area contributed by atoms with Crippen molar-refractivity contribution in [3.63, 3.8) is 0 Å². The van der Waals surface area contributed by atoms with Crippen molar-refractivity contribution in [1.82, 2.24) is 0 Å². The van der Waals surface area contributed by atoms with Gasteiger partial charge in [-0.3, -0.25) is 0 Å². The van der Waals surface area contributed by atoms with Gasteiger partial charge in [-0.05, 0) is 37.3 Å². The summed E-state index contributed by atoms with van der Waals surface area (Å²) in [6, 6.07) is 8.71. The monoisotopic (exact) mass is 278 g/mol. The van der Waals surface area contributed by atoms with Gasteiger partial charge in [0.2, 0.25) is 0 Å². The second-order valence-corrected chi connectivity index (χ2v) is 7.53. The van der Waals surface area contributed by atoms with Crippen LogP contribution in [0.1, 0.15) is 19.3 Å². The first-order valence-corrected chi connectivity index (χ1v) is 8.16. The summed E-state index contributed by atoms with van der Waals surface area (Å²) in [5, 5.41) is -0.462. The molecule has 0 radical (unpaired) electrons. The molecule has 19 heavy (non-hydrogen) atoms. The molecule has 0 aliphatic heterocycles. The van der Waals surface area contributed by atoms with Gasteiger partial charge in [-0.25, -0.2) is 8.42 Å². The molecule has 1 aromatic rings. The van der Waals surface area contributed by atoms with E-state index in [2.05, 4.69) is 6.08 Å². The Morgan fingerprint density at radius 2 is 2.00 bits per heavy atom. The number of benzene rings is 1. The lowest BCUT2D eigenvalue weighted by Crippen LogP contribution is -2.53. The van der Waals surface area contributed by atoms with Crippen molar-refractivity contribution in [1.29, 1.82) is 0 Å². The Morgan fingerprint density at radius 1 is 1.26 bits per heavy atom. The highest BCUT2D eigenvalue weighted by molar-refractivity contribution is 7.92. The lowest BCUT2D eigenvalue weighted by Gasteiger charge is -2.46. The highest BCUT2D eigenvalue weighted by Crippen LogP contribution is 2.46. The van der Waals surface area contributed by atoms with Crippen LogP contribution >= 0.6 is 0 Å². The highest BCUT2D eigenvalue weighted by atomic mass is 32.2. The van der Waals surface area contributed by atoms with Crippen LogP contribution in [0.3, 0.4) is 0 Å². The average Bonchev–Trinajstić information content (AvgIpc) is 2.49. The molecule has 3 aliphatic rings.